The van der Waals surface area contributed by atoms with Crippen molar-refractivity contribution >= 4 is 19.5 Å². The van der Waals surface area contributed by atoms with E-state index in [0.29, 0.717) is 12.0 Å². The molecule has 0 spiro atoms. The summed E-state index contributed by atoms with van der Waals surface area (Å²) in [6.07, 6.45) is 0.685. The summed E-state index contributed by atoms with van der Waals surface area (Å²) in [6.45, 7) is 4.11. The molecule has 0 saturated carbocycles. The molecule has 0 aliphatic rings. The van der Waals surface area contributed by atoms with E-state index in [-0.39, 0.29) is 24.4 Å². The van der Waals surface area contributed by atoms with Crippen molar-refractivity contribution in [1.29, 1.82) is 0 Å². The van der Waals surface area contributed by atoms with Gasteiger partial charge >= 0.3 is 5.97 Å². The first-order valence-corrected chi connectivity index (χ1v) is 11.5. The first-order valence-electron chi connectivity index (χ1n) is 9.81. The molecular formula is C22H28NO6P. The van der Waals surface area contributed by atoms with Gasteiger partial charge in [-0.15, -0.1) is 0 Å². The third-order valence-electron chi connectivity index (χ3n) is 4.71. The minimum atomic E-state index is -2.38. The molecule has 0 aromatic heterocycles. The number of esters is 1. The monoisotopic (exact) mass is 433 g/mol. The Morgan fingerprint density at radius 2 is 1.70 bits per heavy atom. The van der Waals surface area contributed by atoms with Gasteiger partial charge in [-0.25, -0.2) is 0 Å². The minimum Gasteiger partial charge on any atom is -0.461 e. The number of carbonyl (C=O) groups excluding carboxylic acids is 1. The predicted molar refractivity (Wildman–Crippen MR) is 116 cm³/mol. The van der Waals surface area contributed by atoms with Crippen LogP contribution in [0.2, 0.25) is 0 Å². The zero-order valence-electron chi connectivity index (χ0n) is 17.4. The first kappa shape index (κ1) is 23.8. The summed E-state index contributed by atoms with van der Waals surface area (Å²) in [6, 6.07) is 15.3. The van der Waals surface area contributed by atoms with Crippen molar-refractivity contribution in [2.24, 2.45) is 11.8 Å². The van der Waals surface area contributed by atoms with Crippen LogP contribution in [0.4, 0.5) is 5.69 Å². The van der Waals surface area contributed by atoms with Gasteiger partial charge in [0.25, 0.3) is 5.69 Å². The quantitative estimate of drug-likeness (QED) is 0.213. The number of rotatable bonds is 11. The van der Waals surface area contributed by atoms with Crippen LogP contribution >= 0.6 is 7.80 Å². The number of hydrogen-bond donors (Lipinski definition) is 0. The molecule has 0 fully saturated rings. The number of nitro benzene ring substituents is 1. The molecule has 3 atom stereocenters. The van der Waals surface area contributed by atoms with Gasteiger partial charge in [0, 0.05) is 25.4 Å². The van der Waals surface area contributed by atoms with Crippen molar-refractivity contribution in [1.82, 2.24) is 0 Å². The zero-order chi connectivity index (χ0) is 22.1. The van der Waals surface area contributed by atoms with E-state index < -0.39 is 30.5 Å². The molecule has 162 valence electrons. The number of ether oxygens (including phenoxy) is 2. The van der Waals surface area contributed by atoms with Gasteiger partial charge in [0.2, 0.25) is 0 Å². The predicted octanol–water partition coefficient (Wildman–Crippen LogP) is 5.03. The number of hydrogen-bond acceptors (Lipinski definition) is 6. The van der Waals surface area contributed by atoms with Crippen molar-refractivity contribution in [2.45, 2.75) is 38.9 Å². The molecule has 2 aromatic carbocycles. The number of carbonyl (C=O) groups is 1. The van der Waals surface area contributed by atoms with Gasteiger partial charge in [0.1, 0.15) is 20.3 Å². The topological polar surface area (TPSA) is 95.7 Å². The molecule has 0 heterocycles. The van der Waals surface area contributed by atoms with Gasteiger partial charge in [0.15, 0.2) is 0 Å². The third kappa shape index (κ3) is 7.08. The molecule has 0 aliphatic heterocycles. The van der Waals surface area contributed by atoms with E-state index in [1.54, 1.807) is 12.1 Å². The average molecular weight is 433 g/mol. The SMILES string of the molecule is COC(C(CC(C)C)C(=O)OCc1ccccc1)[PH](=O)Cc1ccc([N+](=O)[O-])cc1. The van der Waals surface area contributed by atoms with Crippen molar-refractivity contribution in [2.75, 3.05) is 7.11 Å². The van der Waals surface area contributed by atoms with E-state index in [2.05, 4.69) is 0 Å². The molecule has 0 radical (unpaired) electrons. The van der Waals surface area contributed by atoms with Crippen molar-refractivity contribution in [3.63, 3.8) is 0 Å². The van der Waals surface area contributed by atoms with Crippen LogP contribution in [0.5, 0.6) is 0 Å². The van der Waals surface area contributed by atoms with Crippen LogP contribution in [-0.4, -0.2) is 23.8 Å². The Morgan fingerprint density at radius 3 is 2.23 bits per heavy atom. The van der Waals surface area contributed by atoms with Gasteiger partial charge in [0.05, 0.1) is 10.8 Å². The lowest BCUT2D eigenvalue weighted by molar-refractivity contribution is -0.384. The van der Waals surface area contributed by atoms with Crippen LogP contribution < -0.4 is 0 Å². The minimum absolute atomic E-state index is 0.0242. The third-order valence-corrected chi connectivity index (χ3v) is 6.74. The van der Waals surface area contributed by atoms with Crippen LogP contribution in [-0.2, 0) is 31.6 Å². The molecule has 0 amide bonds. The Labute approximate surface area is 177 Å². The number of non-ortho nitro benzene ring substituents is 1. The van der Waals surface area contributed by atoms with E-state index in [1.165, 1.54) is 19.2 Å². The average Bonchev–Trinajstić information content (AvgIpc) is 2.72. The molecule has 7 nitrogen and oxygen atoms in total. The fraction of sp³-hybridized carbons (Fsp3) is 0.409. The van der Waals surface area contributed by atoms with Crippen LogP contribution in [0.3, 0.4) is 0 Å². The fourth-order valence-electron chi connectivity index (χ4n) is 3.24. The zero-order valence-corrected chi connectivity index (χ0v) is 18.4. The molecule has 2 rings (SSSR count). The lowest BCUT2D eigenvalue weighted by atomic mass is 9.97. The number of nitro groups is 1. The summed E-state index contributed by atoms with van der Waals surface area (Å²) >= 11 is 0. The maximum absolute atomic E-state index is 13.1. The molecule has 0 aliphatic carbocycles. The normalized spacial score (nSPS) is 14.1. The molecule has 0 N–H and O–H groups in total. The molecule has 0 saturated heterocycles. The highest BCUT2D eigenvalue weighted by molar-refractivity contribution is 7.44. The summed E-state index contributed by atoms with van der Waals surface area (Å²) in [5.41, 5.74) is 1.55. The van der Waals surface area contributed by atoms with E-state index in [0.717, 1.165) is 5.56 Å². The summed E-state index contributed by atoms with van der Waals surface area (Å²) in [4.78, 5) is 23.1. The Bertz CT molecular complexity index is 854. The lowest BCUT2D eigenvalue weighted by Crippen LogP contribution is -2.30. The second-order valence-corrected chi connectivity index (χ2v) is 9.41. The Morgan fingerprint density at radius 1 is 1.07 bits per heavy atom. The Kier molecular flexibility index (Phi) is 9.21. The second kappa shape index (κ2) is 11.6. The van der Waals surface area contributed by atoms with Gasteiger partial charge < -0.3 is 14.0 Å². The maximum atomic E-state index is 13.1. The fourth-order valence-corrected chi connectivity index (χ4v) is 5.07. The largest absolute Gasteiger partial charge is 0.461 e. The van der Waals surface area contributed by atoms with Gasteiger partial charge in [-0.05, 0) is 23.5 Å². The highest BCUT2D eigenvalue weighted by atomic mass is 31.1. The number of nitrogens with zero attached hydrogens (tertiary/aromatic N) is 1. The highest BCUT2D eigenvalue weighted by Crippen LogP contribution is 2.40. The van der Waals surface area contributed by atoms with Gasteiger partial charge in [-0.3, -0.25) is 14.9 Å². The number of methoxy groups -OCH3 is 1. The van der Waals surface area contributed by atoms with Crippen LogP contribution in [0.25, 0.3) is 0 Å². The van der Waals surface area contributed by atoms with Crippen molar-refractivity contribution in [3.05, 3.63) is 75.8 Å². The summed E-state index contributed by atoms with van der Waals surface area (Å²) in [5.74, 6) is -1.66. The van der Waals surface area contributed by atoms with E-state index in [1.807, 2.05) is 44.2 Å². The molecule has 0 bridgehead atoms. The molecule has 30 heavy (non-hydrogen) atoms. The maximum Gasteiger partial charge on any atom is 0.312 e. The van der Waals surface area contributed by atoms with Gasteiger partial charge in [-0.2, -0.15) is 0 Å². The summed E-state index contributed by atoms with van der Waals surface area (Å²) in [5, 5.41) is 10.8. The van der Waals surface area contributed by atoms with Crippen LogP contribution in [0, 0.1) is 22.0 Å². The van der Waals surface area contributed by atoms with Crippen molar-refractivity contribution in [3.8, 4) is 0 Å². The molecule has 2 aromatic rings. The molecular weight excluding hydrogens is 405 g/mol. The Balaban J connectivity index is 2.10. The van der Waals surface area contributed by atoms with Crippen molar-refractivity contribution < 1.29 is 23.8 Å². The van der Waals surface area contributed by atoms with E-state index in [4.69, 9.17) is 9.47 Å². The molecule has 8 heteroatoms. The number of benzene rings is 2. The van der Waals surface area contributed by atoms with Crippen LogP contribution in [0.1, 0.15) is 31.4 Å². The lowest BCUT2D eigenvalue weighted by Gasteiger charge is -2.26. The van der Waals surface area contributed by atoms with E-state index >= 15 is 0 Å². The first-order chi connectivity index (χ1) is 14.3. The smallest absolute Gasteiger partial charge is 0.312 e. The standard InChI is InChI=1S/C22H28NO6P/c1-16(2)13-20(21(24)29-14-17-7-5-4-6-8-17)22(28-3)30(27)15-18-9-11-19(12-10-18)23(25)26/h4-12,16,20,22,30H,13-15H2,1-3H3. The summed E-state index contributed by atoms with van der Waals surface area (Å²) in [7, 11) is -0.932. The summed E-state index contributed by atoms with van der Waals surface area (Å²) < 4.78 is 24.1. The Hall–Kier alpha value is -2.50. The van der Waals surface area contributed by atoms with Gasteiger partial charge in [-0.1, -0.05) is 56.3 Å². The van der Waals surface area contributed by atoms with E-state index in [9.17, 15) is 19.5 Å². The van der Waals surface area contributed by atoms with Crippen LogP contribution in [0.15, 0.2) is 54.6 Å². The molecule has 3 unspecified atom stereocenters. The highest BCUT2D eigenvalue weighted by Gasteiger charge is 2.34. The second-order valence-electron chi connectivity index (χ2n) is 7.55.